The zero-order valence-corrected chi connectivity index (χ0v) is 15.4. The fourth-order valence-corrected chi connectivity index (χ4v) is 4.09. The number of rotatable bonds is 6. The standard InChI is InChI=1S/C15H18N2O5S2/c1-5-22-14(18)11-8-23-15(16-11)17-24(19,20)13-7-10(3)9(2)6-12(13)21-4/h6-8H,5H2,1-4H3,(H,16,17). The van der Waals surface area contributed by atoms with Gasteiger partial charge in [0, 0.05) is 5.38 Å². The Labute approximate surface area is 144 Å². The number of benzene rings is 1. The van der Waals surface area contributed by atoms with Gasteiger partial charge in [0.1, 0.15) is 10.6 Å². The number of thiazole rings is 1. The molecule has 7 nitrogen and oxygen atoms in total. The molecule has 2 aromatic rings. The number of anilines is 1. The average Bonchev–Trinajstić information content (AvgIpc) is 2.97. The number of sulfonamides is 1. The molecule has 0 radical (unpaired) electrons. The van der Waals surface area contributed by atoms with Gasteiger partial charge in [0.15, 0.2) is 10.8 Å². The van der Waals surface area contributed by atoms with Gasteiger partial charge in [-0.25, -0.2) is 18.2 Å². The van der Waals surface area contributed by atoms with Crippen LogP contribution in [0.15, 0.2) is 22.4 Å². The molecule has 1 aromatic carbocycles. The van der Waals surface area contributed by atoms with Crippen LogP contribution in [0.3, 0.4) is 0 Å². The molecular weight excluding hydrogens is 352 g/mol. The lowest BCUT2D eigenvalue weighted by Crippen LogP contribution is -2.15. The van der Waals surface area contributed by atoms with Crippen LogP contribution < -0.4 is 9.46 Å². The summed E-state index contributed by atoms with van der Waals surface area (Å²) in [5.74, 6) is -0.351. The van der Waals surface area contributed by atoms with Crippen LogP contribution in [0.4, 0.5) is 5.13 Å². The van der Waals surface area contributed by atoms with E-state index in [1.54, 1.807) is 13.0 Å². The normalized spacial score (nSPS) is 11.2. The summed E-state index contributed by atoms with van der Waals surface area (Å²) in [5, 5.41) is 1.52. The first-order valence-electron chi connectivity index (χ1n) is 7.09. The van der Waals surface area contributed by atoms with Gasteiger partial charge in [-0.2, -0.15) is 0 Å². The summed E-state index contributed by atoms with van der Waals surface area (Å²) in [6.45, 7) is 5.58. The van der Waals surface area contributed by atoms with Crippen molar-refractivity contribution < 1.29 is 22.7 Å². The van der Waals surface area contributed by atoms with Gasteiger partial charge in [-0.05, 0) is 44.0 Å². The third kappa shape index (κ3) is 3.85. The molecule has 0 atom stereocenters. The Kier molecular flexibility index (Phi) is 5.45. The Balaban J connectivity index is 2.33. The van der Waals surface area contributed by atoms with E-state index in [-0.39, 0.29) is 28.1 Å². The van der Waals surface area contributed by atoms with E-state index >= 15 is 0 Å². The number of aryl methyl sites for hydroxylation is 2. The van der Waals surface area contributed by atoms with Crippen molar-refractivity contribution in [3.05, 3.63) is 34.3 Å². The Morgan fingerprint density at radius 2 is 1.96 bits per heavy atom. The summed E-state index contributed by atoms with van der Waals surface area (Å²) in [7, 11) is -2.49. The van der Waals surface area contributed by atoms with Gasteiger partial charge in [-0.1, -0.05) is 0 Å². The highest BCUT2D eigenvalue weighted by Gasteiger charge is 2.23. The highest BCUT2D eigenvalue weighted by atomic mass is 32.2. The van der Waals surface area contributed by atoms with E-state index in [2.05, 4.69) is 9.71 Å². The molecule has 0 aliphatic carbocycles. The van der Waals surface area contributed by atoms with E-state index in [9.17, 15) is 13.2 Å². The number of esters is 1. The van der Waals surface area contributed by atoms with Crippen molar-refractivity contribution in [2.24, 2.45) is 0 Å². The van der Waals surface area contributed by atoms with Gasteiger partial charge < -0.3 is 9.47 Å². The molecule has 0 amide bonds. The fraction of sp³-hybridized carbons (Fsp3) is 0.333. The molecule has 0 bridgehead atoms. The SMILES string of the molecule is CCOC(=O)c1csc(NS(=O)(=O)c2cc(C)c(C)cc2OC)n1. The molecule has 0 spiro atoms. The summed E-state index contributed by atoms with van der Waals surface area (Å²) < 4.78 is 37.6. The van der Waals surface area contributed by atoms with Crippen molar-refractivity contribution in [1.29, 1.82) is 0 Å². The first-order valence-corrected chi connectivity index (χ1v) is 9.45. The Morgan fingerprint density at radius 1 is 1.29 bits per heavy atom. The van der Waals surface area contributed by atoms with E-state index in [0.29, 0.717) is 0 Å². The fourth-order valence-electron chi connectivity index (χ4n) is 1.92. The Morgan fingerprint density at radius 3 is 2.58 bits per heavy atom. The number of hydrogen-bond acceptors (Lipinski definition) is 7. The van der Waals surface area contributed by atoms with E-state index in [0.717, 1.165) is 22.5 Å². The van der Waals surface area contributed by atoms with E-state index in [4.69, 9.17) is 9.47 Å². The molecule has 0 unspecified atom stereocenters. The lowest BCUT2D eigenvalue weighted by molar-refractivity contribution is 0.0520. The summed E-state index contributed by atoms with van der Waals surface area (Å²) in [4.78, 5) is 15.6. The molecule has 1 aromatic heterocycles. The topological polar surface area (TPSA) is 94.6 Å². The van der Waals surface area contributed by atoms with Crippen molar-refractivity contribution in [1.82, 2.24) is 4.98 Å². The van der Waals surface area contributed by atoms with Crippen molar-refractivity contribution in [2.75, 3.05) is 18.4 Å². The number of carbonyl (C=O) groups is 1. The number of aromatic nitrogens is 1. The molecular formula is C15H18N2O5S2. The molecule has 1 N–H and O–H groups in total. The predicted octanol–water partition coefficient (Wildman–Crippen LogP) is 2.75. The van der Waals surface area contributed by atoms with Crippen molar-refractivity contribution in [2.45, 2.75) is 25.7 Å². The third-order valence-electron chi connectivity index (χ3n) is 3.28. The van der Waals surface area contributed by atoms with Crippen LogP contribution in [0.2, 0.25) is 0 Å². The summed E-state index contributed by atoms with van der Waals surface area (Å²) in [6.07, 6.45) is 0. The van der Waals surface area contributed by atoms with Gasteiger partial charge in [0.2, 0.25) is 0 Å². The van der Waals surface area contributed by atoms with Crippen LogP contribution in [0.5, 0.6) is 5.75 Å². The number of ether oxygens (including phenoxy) is 2. The second-order valence-electron chi connectivity index (χ2n) is 4.95. The van der Waals surface area contributed by atoms with Gasteiger partial charge >= 0.3 is 5.97 Å². The van der Waals surface area contributed by atoms with Crippen molar-refractivity contribution >= 4 is 32.5 Å². The third-order valence-corrected chi connectivity index (χ3v) is 5.53. The zero-order valence-electron chi connectivity index (χ0n) is 13.7. The maximum absolute atomic E-state index is 12.6. The smallest absolute Gasteiger partial charge is 0.357 e. The number of nitrogens with one attached hydrogen (secondary N) is 1. The highest BCUT2D eigenvalue weighted by Crippen LogP contribution is 2.29. The molecule has 1 heterocycles. The maximum atomic E-state index is 12.6. The summed E-state index contributed by atoms with van der Waals surface area (Å²) in [5.41, 5.74) is 1.80. The second kappa shape index (κ2) is 7.18. The Bertz CT molecular complexity index is 859. The minimum absolute atomic E-state index is 0.0148. The lowest BCUT2D eigenvalue weighted by atomic mass is 10.1. The van der Waals surface area contributed by atoms with Crippen LogP contribution in [0.1, 0.15) is 28.5 Å². The number of methoxy groups -OCH3 is 1. The van der Waals surface area contributed by atoms with Crippen molar-refractivity contribution in [3.63, 3.8) is 0 Å². The molecule has 9 heteroatoms. The van der Waals surface area contributed by atoms with Gasteiger partial charge in [0.25, 0.3) is 10.0 Å². The summed E-state index contributed by atoms with van der Waals surface area (Å²) >= 11 is 1.00. The zero-order chi connectivity index (χ0) is 17.9. The molecule has 0 saturated carbocycles. The first kappa shape index (κ1) is 18.2. The lowest BCUT2D eigenvalue weighted by Gasteiger charge is -2.12. The average molecular weight is 370 g/mol. The van der Waals surface area contributed by atoms with E-state index in [1.807, 2.05) is 13.8 Å². The van der Waals surface area contributed by atoms with Crippen LogP contribution in [-0.2, 0) is 14.8 Å². The first-order chi connectivity index (χ1) is 11.3. The van der Waals surface area contributed by atoms with E-state index in [1.165, 1.54) is 18.6 Å². The molecule has 0 saturated heterocycles. The molecule has 0 aliphatic heterocycles. The van der Waals surface area contributed by atoms with Gasteiger partial charge in [-0.3, -0.25) is 4.72 Å². The highest BCUT2D eigenvalue weighted by molar-refractivity contribution is 7.93. The predicted molar refractivity (Wildman–Crippen MR) is 91.3 cm³/mol. The number of hydrogen-bond donors (Lipinski definition) is 1. The number of nitrogens with zero attached hydrogens (tertiary/aromatic N) is 1. The molecule has 2 rings (SSSR count). The van der Waals surface area contributed by atoms with Gasteiger partial charge in [0.05, 0.1) is 13.7 Å². The minimum Gasteiger partial charge on any atom is -0.495 e. The van der Waals surface area contributed by atoms with Gasteiger partial charge in [-0.15, -0.1) is 11.3 Å². The van der Waals surface area contributed by atoms with Crippen molar-refractivity contribution in [3.8, 4) is 5.75 Å². The minimum atomic E-state index is -3.90. The quantitative estimate of drug-likeness (QED) is 0.786. The maximum Gasteiger partial charge on any atom is 0.357 e. The number of carbonyl (C=O) groups excluding carboxylic acids is 1. The van der Waals surface area contributed by atoms with Crippen LogP contribution in [0.25, 0.3) is 0 Å². The molecule has 24 heavy (non-hydrogen) atoms. The largest absolute Gasteiger partial charge is 0.495 e. The van der Waals surface area contributed by atoms with Crippen LogP contribution in [-0.4, -0.2) is 33.1 Å². The van der Waals surface area contributed by atoms with E-state index < -0.39 is 16.0 Å². The second-order valence-corrected chi connectivity index (χ2v) is 7.46. The molecule has 0 fully saturated rings. The Hall–Kier alpha value is -2.13. The molecule has 0 aliphatic rings. The van der Waals surface area contributed by atoms with Crippen LogP contribution in [0, 0.1) is 13.8 Å². The monoisotopic (exact) mass is 370 g/mol. The van der Waals surface area contributed by atoms with Crippen LogP contribution >= 0.6 is 11.3 Å². The summed E-state index contributed by atoms with van der Waals surface area (Å²) in [6, 6.07) is 3.20. The molecule has 130 valence electrons.